The van der Waals surface area contributed by atoms with Gasteiger partial charge in [-0.2, -0.15) is 13.7 Å². The summed E-state index contributed by atoms with van der Waals surface area (Å²) in [5.41, 5.74) is 2.16. The van der Waals surface area contributed by atoms with Gasteiger partial charge in [0.15, 0.2) is 5.60 Å². The van der Waals surface area contributed by atoms with E-state index in [2.05, 4.69) is 10.6 Å². The summed E-state index contributed by atoms with van der Waals surface area (Å²) in [6.07, 6.45) is 1.19. The molecule has 1 aromatic heterocycles. The highest BCUT2D eigenvalue weighted by Crippen LogP contribution is 2.50. The number of hydrogen-bond acceptors (Lipinski definition) is 6. The Morgan fingerprint density at radius 2 is 1.88 bits per heavy atom. The second-order valence-corrected chi connectivity index (χ2v) is 10.5. The van der Waals surface area contributed by atoms with E-state index in [1.54, 1.807) is 0 Å². The standard InChI is InChI=1S/C25H25N3O5S/c1-27-20-11-7-6-10-18(20)19-14-22-25(16-26,33-34(2,30)31)13-12-21(23(19)27)28(22)24(29)32-15-17-8-4-3-5-9-17/h3-11,21-22H,12-15H2,1-2H3/t21-,22-,25?/m0/s1. The van der Waals surface area contributed by atoms with Gasteiger partial charge in [0, 0.05) is 23.6 Å². The van der Waals surface area contributed by atoms with Crippen LogP contribution in [0.5, 0.6) is 0 Å². The van der Waals surface area contributed by atoms with Crippen molar-refractivity contribution in [3.05, 3.63) is 71.4 Å². The highest BCUT2D eigenvalue weighted by Gasteiger charge is 2.57. The molecule has 1 saturated heterocycles. The Hall–Kier alpha value is -3.35. The molecule has 1 fully saturated rings. The quantitative estimate of drug-likeness (QED) is 0.528. The monoisotopic (exact) mass is 479 g/mol. The third-order valence-electron chi connectivity index (χ3n) is 6.88. The normalized spacial score (nSPS) is 23.9. The molecule has 3 atom stereocenters. The number of para-hydroxylation sites is 1. The van der Waals surface area contributed by atoms with Crippen molar-refractivity contribution in [2.45, 2.75) is 43.6 Å². The number of aryl methyl sites for hydroxylation is 1. The van der Waals surface area contributed by atoms with Gasteiger partial charge >= 0.3 is 6.09 Å². The molecule has 2 bridgehead atoms. The number of fused-ring (bicyclic) bond motifs is 6. The lowest BCUT2D eigenvalue weighted by atomic mass is 9.74. The lowest BCUT2D eigenvalue weighted by molar-refractivity contribution is -0.0527. The van der Waals surface area contributed by atoms with Crippen molar-refractivity contribution in [2.75, 3.05) is 6.26 Å². The smallest absolute Gasteiger partial charge is 0.411 e. The molecule has 9 heteroatoms. The summed E-state index contributed by atoms with van der Waals surface area (Å²) in [5.74, 6) is 0. The highest BCUT2D eigenvalue weighted by atomic mass is 32.2. The Labute approximate surface area is 198 Å². The van der Waals surface area contributed by atoms with E-state index in [-0.39, 0.29) is 25.5 Å². The lowest BCUT2D eigenvalue weighted by Gasteiger charge is -2.51. The number of carbonyl (C=O) groups is 1. The Morgan fingerprint density at radius 1 is 1.18 bits per heavy atom. The van der Waals surface area contributed by atoms with Crippen LogP contribution in [0.4, 0.5) is 4.79 Å². The van der Waals surface area contributed by atoms with Crippen LogP contribution < -0.4 is 0 Å². The average Bonchev–Trinajstić information content (AvgIpc) is 3.11. The maximum atomic E-state index is 13.5. The Kier molecular flexibility index (Phi) is 5.38. The first kappa shape index (κ1) is 22.4. The van der Waals surface area contributed by atoms with Crippen molar-refractivity contribution in [1.29, 1.82) is 5.26 Å². The predicted molar refractivity (Wildman–Crippen MR) is 125 cm³/mol. The number of ether oxygens (including phenoxy) is 1. The maximum Gasteiger partial charge on any atom is 0.411 e. The van der Waals surface area contributed by atoms with Crippen LogP contribution in [0.15, 0.2) is 54.6 Å². The van der Waals surface area contributed by atoms with Gasteiger partial charge in [-0.15, -0.1) is 0 Å². The topological polar surface area (TPSA) is 102 Å². The summed E-state index contributed by atoms with van der Waals surface area (Å²) >= 11 is 0. The molecular formula is C25H25N3O5S. The van der Waals surface area contributed by atoms with Crippen LogP contribution in [0.25, 0.3) is 10.9 Å². The van der Waals surface area contributed by atoms with Crippen molar-refractivity contribution in [2.24, 2.45) is 7.05 Å². The van der Waals surface area contributed by atoms with E-state index >= 15 is 0 Å². The largest absolute Gasteiger partial charge is 0.445 e. The average molecular weight is 480 g/mol. The zero-order valence-corrected chi connectivity index (χ0v) is 19.8. The van der Waals surface area contributed by atoms with Gasteiger partial charge in [0.25, 0.3) is 10.1 Å². The Balaban J connectivity index is 1.60. The summed E-state index contributed by atoms with van der Waals surface area (Å²) in [6, 6.07) is 18.2. The fourth-order valence-electron chi connectivity index (χ4n) is 5.52. The molecule has 176 valence electrons. The third kappa shape index (κ3) is 3.63. The van der Waals surface area contributed by atoms with Gasteiger partial charge in [-0.1, -0.05) is 48.5 Å². The number of carbonyl (C=O) groups excluding carboxylic acids is 1. The molecule has 1 unspecified atom stereocenters. The van der Waals surface area contributed by atoms with Crippen LogP contribution in [-0.4, -0.2) is 41.9 Å². The van der Waals surface area contributed by atoms with Crippen LogP contribution in [0.3, 0.4) is 0 Å². The summed E-state index contributed by atoms with van der Waals surface area (Å²) in [7, 11) is -1.99. The molecule has 2 aromatic carbocycles. The molecule has 1 amide bonds. The molecule has 2 aliphatic heterocycles. The molecule has 5 rings (SSSR count). The van der Waals surface area contributed by atoms with Gasteiger partial charge in [0.2, 0.25) is 0 Å². The van der Waals surface area contributed by atoms with E-state index in [4.69, 9.17) is 8.92 Å². The molecular weight excluding hydrogens is 454 g/mol. The molecule has 0 radical (unpaired) electrons. The molecule has 8 nitrogen and oxygen atoms in total. The van der Waals surface area contributed by atoms with Crippen LogP contribution in [-0.2, 0) is 39.1 Å². The highest BCUT2D eigenvalue weighted by molar-refractivity contribution is 7.86. The number of benzene rings is 2. The minimum Gasteiger partial charge on any atom is -0.445 e. The van der Waals surface area contributed by atoms with E-state index in [1.165, 1.54) is 4.90 Å². The first-order chi connectivity index (χ1) is 16.2. The fraction of sp³-hybridized carbons (Fsp3) is 0.360. The van der Waals surface area contributed by atoms with E-state index in [0.717, 1.165) is 34.0 Å². The van der Waals surface area contributed by atoms with Crippen molar-refractivity contribution < 1.29 is 22.1 Å². The van der Waals surface area contributed by atoms with Crippen LogP contribution in [0.2, 0.25) is 0 Å². The summed E-state index contributed by atoms with van der Waals surface area (Å²) in [5, 5.41) is 11.2. The van der Waals surface area contributed by atoms with E-state index in [0.29, 0.717) is 6.42 Å². The van der Waals surface area contributed by atoms with Gasteiger partial charge in [0.1, 0.15) is 12.7 Å². The summed E-state index contributed by atoms with van der Waals surface area (Å²) in [4.78, 5) is 15.0. The zero-order valence-electron chi connectivity index (χ0n) is 19.0. The summed E-state index contributed by atoms with van der Waals surface area (Å²) < 4.78 is 37.5. The lowest BCUT2D eigenvalue weighted by Crippen LogP contribution is -2.63. The van der Waals surface area contributed by atoms with E-state index in [1.807, 2.05) is 61.6 Å². The molecule has 2 aliphatic rings. The summed E-state index contributed by atoms with van der Waals surface area (Å²) in [6.45, 7) is 0.0735. The van der Waals surface area contributed by atoms with Crippen molar-refractivity contribution in [1.82, 2.24) is 9.47 Å². The third-order valence-corrected chi connectivity index (χ3v) is 7.48. The van der Waals surface area contributed by atoms with Crippen molar-refractivity contribution >= 4 is 27.1 Å². The zero-order chi connectivity index (χ0) is 24.1. The number of piperidine rings is 1. The van der Waals surface area contributed by atoms with Crippen LogP contribution in [0.1, 0.15) is 35.7 Å². The molecule has 0 saturated carbocycles. The number of amides is 1. The maximum absolute atomic E-state index is 13.5. The first-order valence-electron chi connectivity index (χ1n) is 11.1. The van der Waals surface area contributed by atoms with Crippen LogP contribution in [0, 0.1) is 11.3 Å². The minimum atomic E-state index is -3.96. The molecule has 0 aliphatic carbocycles. The fourth-order valence-corrected chi connectivity index (χ4v) is 6.29. The number of aromatic nitrogens is 1. The van der Waals surface area contributed by atoms with Gasteiger partial charge in [-0.3, -0.25) is 4.90 Å². The van der Waals surface area contributed by atoms with Gasteiger partial charge < -0.3 is 9.30 Å². The predicted octanol–water partition coefficient (Wildman–Crippen LogP) is 3.82. The number of nitriles is 1. The SMILES string of the molecule is Cn1c2c(c3ccccc31)C[C@@H]1N(C(=O)OCc3ccccc3)[C@H]2CCC1(C#N)OS(C)(=O)=O. The van der Waals surface area contributed by atoms with Crippen molar-refractivity contribution in [3.8, 4) is 6.07 Å². The van der Waals surface area contributed by atoms with Gasteiger partial charge in [-0.05, 0) is 36.5 Å². The first-order valence-corrected chi connectivity index (χ1v) is 12.9. The molecule has 34 heavy (non-hydrogen) atoms. The van der Waals surface area contributed by atoms with Crippen molar-refractivity contribution in [3.63, 3.8) is 0 Å². The van der Waals surface area contributed by atoms with Crippen LogP contribution >= 0.6 is 0 Å². The van der Waals surface area contributed by atoms with E-state index < -0.39 is 27.9 Å². The molecule has 3 heterocycles. The van der Waals surface area contributed by atoms with Gasteiger partial charge in [-0.25, -0.2) is 8.98 Å². The molecule has 3 aromatic rings. The number of rotatable bonds is 4. The van der Waals surface area contributed by atoms with E-state index in [9.17, 15) is 18.5 Å². The number of nitrogens with zero attached hydrogens (tertiary/aromatic N) is 3. The molecule has 0 spiro atoms. The van der Waals surface area contributed by atoms with Gasteiger partial charge in [0.05, 0.1) is 18.3 Å². The Morgan fingerprint density at radius 3 is 2.59 bits per heavy atom. The second-order valence-electron chi connectivity index (χ2n) is 8.95. The molecule has 0 N–H and O–H groups in total. The number of hydrogen-bond donors (Lipinski definition) is 0. The second kappa shape index (κ2) is 8.15. The minimum absolute atomic E-state index is 0.0735. The Bertz CT molecular complexity index is 1410.